The Kier molecular flexibility index (Phi) is 6.72. The van der Waals surface area contributed by atoms with Crippen LogP contribution in [0.2, 0.25) is 0 Å². The van der Waals surface area contributed by atoms with Gasteiger partial charge in [-0.15, -0.1) is 0 Å². The average molecular weight is 417 g/mol. The second-order valence-electron chi connectivity index (χ2n) is 7.80. The second-order valence-corrected chi connectivity index (χ2v) is 7.80. The van der Waals surface area contributed by atoms with E-state index in [0.29, 0.717) is 19.8 Å². The Hall–Kier alpha value is -3.47. The number of hydrogen-bond acceptors (Lipinski definition) is 4. The van der Waals surface area contributed by atoms with Crippen LogP contribution < -0.4 is 9.64 Å². The molecule has 0 N–H and O–H groups in total. The number of piperazine rings is 1. The summed E-state index contributed by atoms with van der Waals surface area (Å²) in [4.78, 5) is 16.6. The minimum atomic E-state index is -0.249. The predicted octanol–water partition coefficient (Wildman–Crippen LogP) is 5.11. The summed E-state index contributed by atoms with van der Waals surface area (Å²) in [5.41, 5.74) is 3.28. The summed E-state index contributed by atoms with van der Waals surface area (Å²) in [5.74, 6) is 0.851. The maximum absolute atomic E-state index is 12.5. The van der Waals surface area contributed by atoms with Gasteiger partial charge in [0.05, 0.1) is 0 Å². The molecule has 1 saturated heterocycles. The number of rotatable bonds is 6. The molecule has 3 aromatic rings. The third-order valence-corrected chi connectivity index (χ3v) is 5.52. The van der Waals surface area contributed by atoms with E-state index in [0.717, 1.165) is 35.7 Å². The molecule has 5 heteroatoms. The van der Waals surface area contributed by atoms with Gasteiger partial charge >= 0.3 is 6.09 Å². The first-order chi connectivity index (χ1) is 15.2. The van der Waals surface area contributed by atoms with Gasteiger partial charge in [0.25, 0.3) is 0 Å². The summed E-state index contributed by atoms with van der Waals surface area (Å²) in [6, 6.07) is 28.1. The Balaban J connectivity index is 1.27. The Labute approximate surface area is 183 Å². The van der Waals surface area contributed by atoms with Crippen LogP contribution in [0.3, 0.4) is 0 Å². The van der Waals surface area contributed by atoms with Gasteiger partial charge in [0.2, 0.25) is 0 Å². The maximum atomic E-state index is 12.5. The Morgan fingerprint density at radius 2 is 1.45 bits per heavy atom. The fraction of sp³-hybridized carbons (Fsp3) is 0.269. The van der Waals surface area contributed by atoms with Crippen molar-refractivity contribution in [1.29, 1.82) is 0 Å². The fourth-order valence-electron chi connectivity index (χ4n) is 3.76. The number of carbonyl (C=O) groups is 1. The maximum Gasteiger partial charge on any atom is 0.410 e. The van der Waals surface area contributed by atoms with E-state index < -0.39 is 0 Å². The first kappa shape index (κ1) is 20.8. The quantitative estimate of drug-likeness (QED) is 0.560. The standard InChI is InChI=1S/C26H28N2O3/c1-21-18-27(16-17-28(21)26(29)31-20-23-10-6-3-7-11-23)24-12-14-25(15-13-24)30-19-22-8-4-2-5-9-22/h2-15,21H,16-20H2,1H3/t21-/m0/s1. The van der Waals surface area contributed by atoms with Crippen molar-refractivity contribution in [1.82, 2.24) is 4.90 Å². The van der Waals surface area contributed by atoms with E-state index in [1.54, 1.807) is 0 Å². The smallest absolute Gasteiger partial charge is 0.410 e. The SMILES string of the molecule is C[C@H]1CN(c2ccc(OCc3ccccc3)cc2)CCN1C(=O)OCc1ccccc1. The number of hydrogen-bond donors (Lipinski definition) is 0. The average Bonchev–Trinajstić information content (AvgIpc) is 2.83. The number of benzene rings is 3. The molecule has 1 amide bonds. The molecular formula is C26H28N2O3. The summed E-state index contributed by atoms with van der Waals surface area (Å²) in [5, 5.41) is 0. The second kappa shape index (κ2) is 10.0. The van der Waals surface area contributed by atoms with Crippen LogP contribution >= 0.6 is 0 Å². The number of nitrogens with zero attached hydrogens (tertiary/aromatic N) is 2. The first-order valence-electron chi connectivity index (χ1n) is 10.7. The monoisotopic (exact) mass is 416 g/mol. The number of anilines is 1. The normalized spacial score (nSPS) is 16.1. The third-order valence-electron chi connectivity index (χ3n) is 5.52. The molecule has 0 aliphatic carbocycles. The molecule has 1 atom stereocenters. The molecule has 1 aliphatic heterocycles. The van der Waals surface area contributed by atoms with Crippen LogP contribution in [0.15, 0.2) is 84.9 Å². The summed E-state index contributed by atoms with van der Waals surface area (Å²) in [6.45, 7) is 5.10. The molecule has 31 heavy (non-hydrogen) atoms. The zero-order chi connectivity index (χ0) is 21.5. The van der Waals surface area contributed by atoms with Crippen LogP contribution in [0.5, 0.6) is 5.75 Å². The van der Waals surface area contributed by atoms with E-state index in [1.807, 2.05) is 65.6 Å². The van der Waals surface area contributed by atoms with Crippen molar-refractivity contribution in [3.63, 3.8) is 0 Å². The van der Waals surface area contributed by atoms with Gasteiger partial charge in [-0.3, -0.25) is 0 Å². The molecular weight excluding hydrogens is 388 g/mol. The number of carbonyl (C=O) groups excluding carboxylic acids is 1. The molecule has 5 nitrogen and oxygen atoms in total. The zero-order valence-corrected chi connectivity index (χ0v) is 17.8. The molecule has 1 heterocycles. The van der Waals surface area contributed by atoms with Gasteiger partial charge in [-0.2, -0.15) is 0 Å². The van der Waals surface area contributed by atoms with Crippen LogP contribution in [0.1, 0.15) is 18.1 Å². The highest BCUT2D eigenvalue weighted by atomic mass is 16.6. The van der Waals surface area contributed by atoms with Gasteiger partial charge in [-0.25, -0.2) is 4.79 Å². The van der Waals surface area contributed by atoms with Crippen LogP contribution in [-0.2, 0) is 18.0 Å². The summed E-state index contributed by atoms with van der Waals surface area (Å²) >= 11 is 0. The third kappa shape index (κ3) is 5.57. The lowest BCUT2D eigenvalue weighted by molar-refractivity contribution is 0.0795. The highest BCUT2D eigenvalue weighted by molar-refractivity contribution is 5.68. The van der Waals surface area contributed by atoms with Gasteiger partial charge in [-0.05, 0) is 42.3 Å². The van der Waals surface area contributed by atoms with Gasteiger partial charge in [0.15, 0.2) is 0 Å². The van der Waals surface area contributed by atoms with Crippen molar-refractivity contribution < 1.29 is 14.3 Å². The predicted molar refractivity (Wildman–Crippen MR) is 122 cm³/mol. The largest absolute Gasteiger partial charge is 0.489 e. The minimum absolute atomic E-state index is 0.0750. The van der Waals surface area contributed by atoms with E-state index in [-0.39, 0.29) is 12.1 Å². The van der Waals surface area contributed by atoms with Crippen LogP contribution in [0, 0.1) is 0 Å². The van der Waals surface area contributed by atoms with Crippen molar-refractivity contribution >= 4 is 11.8 Å². The van der Waals surface area contributed by atoms with Gasteiger partial charge < -0.3 is 19.3 Å². The molecule has 0 unspecified atom stereocenters. The van der Waals surface area contributed by atoms with E-state index >= 15 is 0 Å². The van der Waals surface area contributed by atoms with E-state index in [9.17, 15) is 4.79 Å². The Bertz CT molecular complexity index is 961. The summed E-state index contributed by atoms with van der Waals surface area (Å²) < 4.78 is 11.4. The van der Waals surface area contributed by atoms with E-state index in [4.69, 9.17) is 9.47 Å². The van der Waals surface area contributed by atoms with E-state index in [1.165, 1.54) is 0 Å². The van der Waals surface area contributed by atoms with Crippen LogP contribution in [-0.4, -0.2) is 36.7 Å². The topological polar surface area (TPSA) is 42.0 Å². The summed E-state index contributed by atoms with van der Waals surface area (Å²) in [6.07, 6.45) is -0.249. The lowest BCUT2D eigenvalue weighted by Crippen LogP contribution is -2.54. The van der Waals surface area contributed by atoms with Crippen molar-refractivity contribution in [3.05, 3.63) is 96.1 Å². The molecule has 0 bridgehead atoms. The molecule has 3 aromatic carbocycles. The van der Waals surface area contributed by atoms with Crippen molar-refractivity contribution in [2.75, 3.05) is 24.5 Å². The van der Waals surface area contributed by atoms with Gasteiger partial charge in [-0.1, -0.05) is 60.7 Å². The fourth-order valence-corrected chi connectivity index (χ4v) is 3.76. The lowest BCUT2D eigenvalue weighted by Gasteiger charge is -2.40. The van der Waals surface area contributed by atoms with Crippen molar-refractivity contribution in [2.45, 2.75) is 26.2 Å². The van der Waals surface area contributed by atoms with Gasteiger partial charge in [0.1, 0.15) is 19.0 Å². The Morgan fingerprint density at radius 1 is 0.839 bits per heavy atom. The van der Waals surface area contributed by atoms with Crippen LogP contribution in [0.25, 0.3) is 0 Å². The highest BCUT2D eigenvalue weighted by Crippen LogP contribution is 2.23. The van der Waals surface area contributed by atoms with E-state index in [2.05, 4.69) is 36.1 Å². The molecule has 0 aromatic heterocycles. The molecule has 1 aliphatic rings. The highest BCUT2D eigenvalue weighted by Gasteiger charge is 2.28. The summed E-state index contributed by atoms with van der Waals surface area (Å²) in [7, 11) is 0. The molecule has 1 fully saturated rings. The Morgan fingerprint density at radius 3 is 2.06 bits per heavy atom. The number of ether oxygens (including phenoxy) is 2. The first-order valence-corrected chi connectivity index (χ1v) is 10.7. The van der Waals surface area contributed by atoms with Crippen molar-refractivity contribution in [3.8, 4) is 5.75 Å². The molecule has 160 valence electrons. The molecule has 0 saturated carbocycles. The molecule has 4 rings (SSSR count). The number of amides is 1. The lowest BCUT2D eigenvalue weighted by atomic mass is 10.1. The van der Waals surface area contributed by atoms with Gasteiger partial charge in [0, 0.05) is 31.4 Å². The minimum Gasteiger partial charge on any atom is -0.489 e. The van der Waals surface area contributed by atoms with Crippen LogP contribution in [0.4, 0.5) is 10.5 Å². The zero-order valence-electron chi connectivity index (χ0n) is 17.8. The molecule has 0 radical (unpaired) electrons. The van der Waals surface area contributed by atoms with Crippen molar-refractivity contribution in [2.24, 2.45) is 0 Å². The molecule has 0 spiro atoms.